The maximum absolute atomic E-state index is 12.2. The average Bonchev–Trinajstić information content (AvgIpc) is 2.48. The molecule has 0 unspecified atom stereocenters. The molecule has 0 amide bonds. The molecule has 0 radical (unpaired) electrons. The van der Waals surface area contributed by atoms with Crippen LogP contribution in [-0.4, -0.2) is 37.9 Å². The molecule has 0 bridgehead atoms. The van der Waals surface area contributed by atoms with Gasteiger partial charge in [0.1, 0.15) is 0 Å². The molecule has 3 heteroatoms. The van der Waals surface area contributed by atoms with Crippen LogP contribution in [0.4, 0.5) is 5.69 Å². The highest BCUT2D eigenvalue weighted by Crippen LogP contribution is 2.13. The van der Waals surface area contributed by atoms with Crippen LogP contribution >= 0.6 is 0 Å². The molecule has 2 aromatic carbocycles. The molecule has 0 aliphatic heterocycles. The van der Waals surface area contributed by atoms with Gasteiger partial charge in [-0.2, -0.15) is 0 Å². The van der Waals surface area contributed by atoms with E-state index in [1.165, 1.54) is 0 Å². The fourth-order valence-corrected chi connectivity index (χ4v) is 1.92. The van der Waals surface area contributed by atoms with E-state index in [0.717, 1.165) is 24.3 Å². The number of carbonyl (C=O) groups excluding carboxylic acids is 1. The van der Waals surface area contributed by atoms with E-state index in [0.29, 0.717) is 5.56 Å². The number of rotatable bonds is 6. The smallest absolute Gasteiger partial charge is 0.193 e. The number of hydrogen-bond acceptors (Lipinski definition) is 3. The molecule has 0 heterocycles. The molecule has 2 aromatic rings. The zero-order valence-corrected chi connectivity index (χ0v) is 12.0. The van der Waals surface area contributed by atoms with E-state index in [2.05, 4.69) is 10.2 Å². The lowest BCUT2D eigenvalue weighted by Gasteiger charge is -2.11. The summed E-state index contributed by atoms with van der Waals surface area (Å²) >= 11 is 0. The monoisotopic (exact) mass is 300 g/mol. The molecule has 0 saturated heterocycles. The van der Waals surface area contributed by atoms with Crippen molar-refractivity contribution in [3.63, 3.8) is 0 Å². The number of nitrogens with zero attached hydrogens (tertiary/aromatic N) is 1. The van der Waals surface area contributed by atoms with Crippen LogP contribution in [0, 0.1) is 0 Å². The summed E-state index contributed by atoms with van der Waals surface area (Å²) in [6.07, 6.45) is 0. The summed E-state index contributed by atoms with van der Waals surface area (Å²) in [6.45, 7) is 1.86. The first kappa shape index (κ1) is 19.9. The van der Waals surface area contributed by atoms with E-state index >= 15 is 0 Å². The predicted molar refractivity (Wildman–Crippen MR) is 96.8 cm³/mol. The Hall–Kier alpha value is -2.13. The third-order valence-corrected chi connectivity index (χ3v) is 3.07. The third-order valence-electron chi connectivity index (χ3n) is 3.07. The van der Waals surface area contributed by atoms with Crippen LogP contribution in [0.1, 0.15) is 30.8 Å². The van der Waals surface area contributed by atoms with Gasteiger partial charge in [0.05, 0.1) is 0 Å². The lowest BCUT2D eigenvalue weighted by atomic mass is 10.0. The molecule has 0 spiro atoms. The Morgan fingerprint density at radius 2 is 1.45 bits per heavy atom. The highest BCUT2D eigenvalue weighted by molar-refractivity contribution is 6.09. The van der Waals surface area contributed by atoms with Gasteiger partial charge in [0, 0.05) is 29.9 Å². The van der Waals surface area contributed by atoms with Crippen LogP contribution in [0.5, 0.6) is 0 Å². The number of likely N-dealkylation sites (N-methyl/N-ethyl adjacent to an activating group) is 1. The molecule has 0 fully saturated rings. The van der Waals surface area contributed by atoms with E-state index in [9.17, 15) is 4.79 Å². The van der Waals surface area contributed by atoms with Crippen molar-refractivity contribution < 1.29 is 4.79 Å². The van der Waals surface area contributed by atoms with Crippen molar-refractivity contribution in [2.24, 2.45) is 0 Å². The molecule has 1 N–H and O–H groups in total. The van der Waals surface area contributed by atoms with Crippen LogP contribution in [0.2, 0.25) is 0 Å². The standard InChI is InChI=1S/C17H20N2O.2CH4/c1-19(2)13-12-18-16-10-8-15(9-11-16)17(20)14-6-4-3-5-7-14;;/h3-11,18H,12-13H2,1-2H3;2*1H4. The fraction of sp³-hybridized carbons (Fsp3) is 0.316. The summed E-state index contributed by atoms with van der Waals surface area (Å²) in [4.78, 5) is 14.4. The van der Waals surface area contributed by atoms with Crippen LogP contribution in [0.25, 0.3) is 0 Å². The molecule has 0 aliphatic rings. The second-order valence-corrected chi connectivity index (χ2v) is 5.00. The summed E-state index contributed by atoms with van der Waals surface area (Å²) in [5, 5.41) is 3.33. The number of hydrogen-bond donors (Lipinski definition) is 1. The molecule has 3 nitrogen and oxygen atoms in total. The minimum atomic E-state index is 0. The van der Waals surface area contributed by atoms with Crippen molar-refractivity contribution in [2.45, 2.75) is 14.9 Å². The van der Waals surface area contributed by atoms with Gasteiger partial charge in [-0.15, -0.1) is 0 Å². The largest absolute Gasteiger partial charge is 0.384 e. The van der Waals surface area contributed by atoms with Crippen LogP contribution in [0.15, 0.2) is 54.6 Å². The second-order valence-electron chi connectivity index (χ2n) is 5.00. The second kappa shape index (κ2) is 9.74. The Balaban J connectivity index is 0.00000220. The number of carbonyl (C=O) groups is 1. The molecular weight excluding hydrogens is 272 g/mol. The summed E-state index contributed by atoms with van der Waals surface area (Å²) in [6, 6.07) is 17.0. The zero-order valence-electron chi connectivity index (χ0n) is 12.0. The Morgan fingerprint density at radius 3 is 2.00 bits per heavy atom. The van der Waals surface area contributed by atoms with Crippen molar-refractivity contribution >= 4 is 11.5 Å². The van der Waals surface area contributed by atoms with E-state index < -0.39 is 0 Å². The first-order chi connectivity index (χ1) is 9.66. The molecule has 0 saturated carbocycles. The Labute approximate surface area is 135 Å². The van der Waals surface area contributed by atoms with Gasteiger partial charge >= 0.3 is 0 Å². The van der Waals surface area contributed by atoms with Gasteiger partial charge in [-0.05, 0) is 38.4 Å². The Kier molecular flexibility index (Phi) is 8.80. The molecule has 120 valence electrons. The maximum Gasteiger partial charge on any atom is 0.193 e. The van der Waals surface area contributed by atoms with Crippen molar-refractivity contribution in [1.29, 1.82) is 0 Å². The first-order valence-corrected chi connectivity index (χ1v) is 6.75. The molecule has 0 atom stereocenters. The minimum absolute atomic E-state index is 0. The quantitative estimate of drug-likeness (QED) is 0.813. The number of nitrogens with one attached hydrogen (secondary N) is 1. The number of ketones is 1. The highest BCUT2D eigenvalue weighted by Gasteiger charge is 2.07. The Bertz CT molecular complexity index is 547. The maximum atomic E-state index is 12.2. The van der Waals surface area contributed by atoms with Crippen LogP contribution in [0.3, 0.4) is 0 Å². The topological polar surface area (TPSA) is 32.3 Å². The van der Waals surface area contributed by atoms with Crippen molar-refractivity contribution in [3.8, 4) is 0 Å². The number of benzene rings is 2. The van der Waals surface area contributed by atoms with Crippen LogP contribution in [-0.2, 0) is 0 Å². The SMILES string of the molecule is C.C.CN(C)CCNc1ccc(C(=O)c2ccccc2)cc1. The van der Waals surface area contributed by atoms with Crippen molar-refractivity contribution in [1.82, 2.24) is 4.90 Å². The zero-order chi connectivity index (χ0) is 14.4. The van der Waals surface area contributed by atoms with Gasteiger partial charge in [0.25, 0.3) is 0 Å². The van der Waals surface area contributed by atoms with Crippen molar-refractivity contribution in [2.75, 3.05) is 32.5 Å². The van der Waals surface area contributed by atoms with Gasteiger partial charge in [-0.25, -0.2) is 0 Å². The van der Waals surface area contributed by atoms with E-state index in [1.807, 2.05) is 68.7 Å². The predicted octanol–water partition coefficient (Wildman–Crippen LogP) is 4.16. The van der Waals surface area contributed by atoms with Gasteiger partial charge < -0.3 is 10.2 Å². The van der Waals surface area contributed by atoms with Gasteiger partial charge in [-0.1, -0.05) is 45.2 Å². The third kappa shape index (κ3) is 5.70. The molecule has 0 aliphatic carbocycles. The van der Waals surface area contributed by atoms with Gasteiger partial charge in [-0.3, -0.25) is 4.79 Å². The normalized spacial score (nSPS) is 9.59. The fourth-order valence-electron chi connectivity index (χ4n) is 1.92. The molecular formula is C19H28N2O. The summed E-state index contributed by atoms with van der Waals surface area (Å²) in [5.41, 5.74) is 2.48. The van der Waals surface area contributed by atoms with Crippen LogP contribution < -0.4 is 5.32 Å². The lowest BCUT2D eigenvalue weighted by molar-refractivity contribution is 0.103. The highest BCUT2D eigenvalue weighted by atomic mass is 16.1. The van der Waals surface area contributed by atoms with Gasteiger partial charge in [0.15, 0.2) is 5.78 Å². The summed E-state index contributed by atoms with van der Waals surface area (Å²) in [7, 11) is 4.09. The first-order valence-electron chi connectivity index (χ1n) is 6.75. The average molecular weight is 300 g/mol. The van der Waals surface area contributed by atoms with E-state index in [-0.39, 0.29) is 20.6 Å². The van der Waals surface area contributed by atoms with Gasteiger partial charge in [0.2, 0.25) is 0 Å². The molecule has 22 heavy (non-hydrogen) atoms. The summed E-state index contributed by atoms with van der Waals surface area (Å²) in [5.74, 6) is 0.0606. The van der Waals surface area contributed by atoms with E-state index in [4.69, 9.17) is 0 Å². The van der Waals surface area contributed by atoms with Crippen molar-refractivity contribution in [3.05, 3.63) is 65.7 Å². The summed E-state index contributed by atoms with van der Waals surface area (Å²) < 4.78 is 0. The minimum Gasteiger partial charge on any atom is -0.384 e. The molecule has 0 aromatic heterocycles. The van der Waals surface area contributed by atoms with E-state index in [1.54, 1.807) is 0 Å². The Morgan fingerprint density at radius 1 is 0.909 bits per heavy atom. The number of anilines is 1. The lowest BCUT2D eigenvalue weighted by Crippen LogP contribution is -2.20. The molecule has 2 rings (SSSR count).